The van der Waals surface area contributed by atoms with E-state index in [9.17, 15) is 43.5 Å². The minimum Gasteiger partial charge on any atom is -0.463 e. The summed E-state index contributed by atoms with van der Waals surface area (Å²) >= 11 is 0. The molecule has 0 aliphatic carbocycles. The summed E-state index contributed by atoms with van der Waals surface area (Å²) in [7, 11) is -9.82. The SMILES string of the molecule is CC/C=C\C/C=C\C/C=C\C/C=C\C/C=C\CCCCCCCCCCCCCCCCCCCC(=O)OCC(O)COP(=O)(O)OCC(O)COP(=O)(O)OCC(COC(=O)CCCCCCCCCCCCC/C=C\C/C=C\C/C=C\C/C=C\C/C=C\CC)OC(=O)CCCCCCCCC/C=C\C/C=C\C/C=C\C/C=C\CCCCC. The zero-order valence-electron chi connectivity index (χ0n) is 75.2. The molecule has 0 heterocycles. The van der Waals surface area contributed by atoms with Gasteiger partial charge in [-0.15, -0.1) is 0 Å². The molecule has 682 valence electrons. The van der Waals surface area contributed by atoms with Gasteiger partial charge in [0.15, 0.2) is 6.10 Å². The molecule has 0 fully saturated rings. The van der Waals surface area contributed by atoms with Crippen LogP contribution < -0.4 is 0 Å². The fourth-order valence-corrected chi connectivity index (χ4v) is 14.4. The van der Waals surface area contributed by atoms with Gasteiger partial charge in [-0.3, -0.25) is 32.5 Å². The van der Waals surface area contributed by atoms with Gasteiger partial charge in [0.1, 0.15) is 25.4 Å². The molecule has 0 rings (SSSR count). The quantitative estimate of drug-likeness (QED) is 0.0146. The van der Waals surface area contributed by atoms with E-state index in [1.807, 2.05) is 0 Å². The number of hydrogen-bond acceptors (Lipinski definition) is 14. The van der Waals surface area contributed by atoms with Gasteiger partial charge in [0.2, 0.25) is 0 Å². The minimum atomic E-state index is -4.95. The summed E-state index contributed by atoms with van der Waals surface area (Å²) in [5.41, 5.74) is 0. The van der Waals surface area contributed by atoms with Crippen LogP contribution in [0.5, 0.6) is 0 Å². The summed E-state index contributed by atoms with van der Waals surface area (Å²) in [6.07, 6.45) is 120. The molecule has 5 unspecified atom stereocenters. The smallest absolute Gasteiger partial charge is 0.463 e. The number of rotatable bonds is 89. The van der Waals surface area contributed by atoms with Gasteiger partial charge < -0.3 is 34.2 Å². The number of phosphoric ester groups is 2. The fraction of sp³-hybridized carbons (Fsp3) is 0.693. The van der Waals surface area contributed by atoms with E-state index in [4.69, 9.17) is 32.3 Å². The fourth-order valence-electron chi connectivity index (χ4n) is 12.8. The van der Waals surface area contributed by atoms with E-state index in [1.165, 1.54) is 154 Å². The van der Waals surface area contributed by atoms with Crippen LogP contribution in [0.25, 0.3) is 0 Å². The first-order chi connectivity index (χ1) is 58.2. The largest absolute Gasteiger partial charge is 0.472 e. The summed E-state index contributed by atoms with van der Waals surface area (Å²) in [6, 6.07) is 0. The first kappa shape index (κ1) is 114. The summed E-state index contributed by atoms with van der Waals surface area (Å²) in [5.74, 6) is -1.58. The Morgan fingerprint density at radius 3 is 0.706 bits per heavy atom. The molecule has 0 saturated heterocycles. The van der Waals surface area contributed by atoms with E-state index in [2.05, 4.69) is 191 Å². The van der Waals surface area contributed by atoms with Gasteiger partial charge in [-0.05, 0) is 154 Å². The zero-order valence-corrected chi connectivity index (χ0v) is 77.0. The molecule has 0 aliphatic heterocycles. The van der Waals surface area contributed by atoms with Gasteiger partial charge >= 0.3 is 33.6 Å². The molecule has 0 aromatic carbocycles. The topological polar surface area (TPSA) is 231 Å². The molecule has 0 radical (unpaired) electrons. The number of esters is 3. The van der Waals surface area contributed by atoms with Crippen LogP contribution in [0, 0.1) is 0 Å². The predicted octanol–water partition coefficient (Wildman–Crippen LogP) is 29.4. The standard InChI is InChI=1S/C101H172O16P2/c1-4-7-10-13-16-19-22-25-28-31-34-37-40-42-44-45-46-47-48-49-51-53-55-57-60-63-66-69-72-75-78-81-84-87-99(104)111-90-96(102)91-113-118(107,108)114-92-97(103)93-115-119(109,110)116-95-98(117-101(106)89-86-83-80-77-74-71-68-65-62-59-54-39-36-33-30-27-24-21-18-15-12-9-6-3)94-112-100(105)88-85-82-79-76-73-70-67-64-61-58-56-52-50-43-41-38-35-32-29-26-23-20-17-14-11-8-5-2/h7-8,10-11,16-21,25-30,34-39,42-44,50,59,62,96-98,102-103H,4-6,9,12-15,22-24,31-33,40-41,45-49,51-58,60-61,63-95H2,1-3H3,(H,107,108)(H,109,110)/b10-7-,11-8-,19-16-,20-17-,21-18-,28-25-,29-26-,30-27-,37-34-,38-35-,39-36-,44-42-,50-43-,62-59-. The van der Waals surface area contributed by atoms with Crippen molar-refractivity contribution in [3.8, 4) is 0 Å². The lowest BCUT2D eigenvalue weighted by atomic mass is 10.0. The highest BCUT2D eigenvalue weighted by atomic mass is 31.2. The maximum absolute atomic E-state index is 13.1. The average Bonchev–Trinajstić information content (AvgIpc) is 0.911. The molecule has 0 saturated carbocycles. The predicted molar refractivity (Wildman–Crippen MR) is 500 cm³/mol. The van der Waals surface area contributed by atoms with Gasteiger partial charge in [-0.2, -0.15) is 0 Å². The van der Waals surface area contributed by atoms with Crippen molar-refractivity contribution >= 4 is 33.6 Å². The Morgan fingerprint density at radius 1 is 0.244 bits per heavy atom. The number of aliphatic hydroxyl groups excluding tert-OH is 2. The normalized spacial score (nSPS) is 14.5. The van der Waals surface area contributed by atoms with Gasteiger partial charge in [-0.25, -0.2) is 9.13 Å². The summed E-state index contributed by atoms with van der Waals surface area (Å²) in [4.78, 5) is 59.1. The number of aliphatic hydroxyl groups is 2. The highest BCUT2D eigenvalue weighted by molar-refractivity contribution is 7.47. The van der Waals surface area contributed by atoms with E-state index >= 15 is 0 Å². The Kier molecular flexibility index (Phi) is 88.2. The number of ether oxygens (including phenoxy) is 3. The van der Waals surface area contributed by atoms with E-state index in [-0.39, 0.29) is 19.3 Å². The van der Waals surface area contributed by atoms with Crippen LogP contribution in [0.2, 0.25) is 0 Å². The maximum atomic E-state index is 13.1. The lowest BCUT2D eigenvalue weighted by Crippen LogP contribution is -2.30. The molecule has 0 aromatic heterocycles. The number of hydrogen-bond donors (Lipinski definition) is 4. The lowest BCUT2D eigenvalue weighted by Gasteiger charge is -2.21. The number of phosphoric acid groups is 2. The van der Waals surface area contributed by atoms with Crippen molar-refractivity contribution in [3.05, 3.63) is 170 Å². The Bertz CT molecular complexity index is 2840. The zero-order chi connectivity index (χ0) is 86.5. The van der Waals surface area contributed by atoms with Crippen LogP contribution in [0.15, 0.2) is 170 Å². The third-order valence-corrected chi connectivity index (χ3v) is 21.8. The second kappa shape index (κ2) is 92.1. The van der Waals surface area contributed by atoms with Crippen LogP contribution in [0.3, 0.4) is 0 Å². The van der Waals surface area contributed by atoms with Crippen molar-refractivity contribution in [3.63, 3.8) is 0 Å². The Hall–Kier alpha value is -5.09. The Balaban J connectivity index is 4.59. The van der Waals surface area contributed by atoms with Crippen LogP contribution in [-0.2, 0) is 55.8 Å². The molecule has 0 bridgehead atoms. The molecule has 18 heteroatoms. The monoisotopic (exact) mass is 1700 g/mol. The van der Waals surface area contributed by atoms with Gasteiger partial charge in [0.25, 0.3) is 0 Å². The molecule has 16 nitrogen and oxygen atoms in total. The number of allylic oxidation sites excluding steroid dienone is 28. The Morgan fingerprint density at radius 2 is 0.445 bits per heavy atom. The van der Waals surface area contributed by atoms with Crippen LogP contribution in [0.4, 0.5) is 0 Å². The first-order valence-corrected chi connectivity index (χ1v) is 50.4. The van der Waals surface area contributed by atoms with Crippen LogP contribution >= 0.6 is 15.6 Å². The maximum Gasteiger partial charge on any atom is 0.472 e. The Labute approximate surface area is 726 Å². The molecule has 0 amide bonds. The molecule has 0 aliphatic rings. The molecule has 4 N–H and O–H groups in total. The average molecular weight is 1700 g/mol. The first-order valence-electron chi connectivity index (χ1n) is 47.4. The number of carbonyl (C=O) groups is 3. The van der Waals surface area contributed by atoms with E-state index in [0.717, 1.165) is 180 Å². The van der Waals surface area contributed by atoms with E-state index in [1.54, 1.807) is 0 Å². The van der Waals surface area contributed by atoms with Crippen molar-refractivity contribution in [2.75, 3.05) is 39.6 Å². The molecular formula is C101H172O16P2. The highest BCUT2D eigenvalue weighted by Gasteiger charge is 2.30. The molecule has 0 spiro atoms. The van der Waals surface area contributed by atoms with Crippen LogP contribution in [0.1, 0.15) is 393 Å². The molecule has 0 aromatic rings. The van der Waals surface area contributed by atoms with Crippen molar-refractivity contribution in [1.29, 1.82) is 0 Å². The summed E-state index contributed by atoms with van der Waals surface area (Å²) in [5, 5.41) is 20.8. The van der Waals surface area contributed by atoms with Crippen molar-refractivity contribution < 1.29 is 75.8 Å². The van der Waals surface area contributed by atoms with Gasteiger partial charge in [0.05, 0.1) is 26.4 Å². The summed E-state index contributed by atoms with van der Waals surface area (Å²) < 4.78 is 61.5. The number of unbranched alkanes of at least 4 members (excludes halogenated alkanes) is 38. The van der Waals surface area contributed by atoms with E-state index < -0.39 is 91.5 Å². The molecule has 5 atom stereocenters. The number of carbonyl (C=O) groups excluding carboxylic acids is 3. The van der Waals surface area contributed by atoms with E-state index in [0.29, 0.717) is 19.3 Å². The minimum absolute atomic E-state index is 0.0879. The lowest BCUT2D eigenvalue weighted by molar-refractivity contribution is -0.161. The second-order valence-corrected chi connectivity index (χ2v) is 34.3. The third-order valence-electron chi connectivity index (χ3n) is 19.9. The van der Waals surface area contributed by atoms with Crippen molar-refractivity contribution in [1.82, 2.24) is 0 Å². The molecule has 119 heavy (non-hydrogen) atoms. The summed E-state index contributed by atoms with van der Waals surface area (Å²) in [6.45, 7) is 2.46. The second-order valence-electron chi connectivity index (χ2n) is 31.4. The van der Waals surface area contributed by atoms with Crippen molar-refractivity contribution in [2.24, 2.45) is 0 Å². The van der Waals surface area contributed by atoms with Crippen LogP contribution in [-0.4, -0.2) is 95.9 Å². The van der Waals surface area contributed by atoms with Gasteiger partial charge in [0, 0.05) is 19.3 Å². The van der Waals surface area contributed by atoms with Gasteiger partial charge in [-0.1, -0.05) is 390 Å². The molecular weight excluding hydrogens is 1530 g/mol. The van der Waals surface area contributed by atoms with Crippen molar-refractivity contribution in [2.45, 2.75) is 411 Å². The highest BCUT2D eigenvalue weighted by Crippen LogP contribution is 2.45. The third kappa shape index (κ3) is 93.5.